The standard InChI is InChI=1S/C34H24N4S.2BrH/c1-3-9-27(10-4-1)23-37-21-7-13-29(25-37)15-17-31-19-20-32(34-33(31)35-39-36-34)18-16-30-14-8-22-38(26-30)24-28-11-5-2-6-12-28;;/h1-14,19-22,25-26H,23-24H2;2*1H/q+2;;/p-2. The average molecular weight is 680 g/mol. The number of aromatic nitrogens is 4. The molecular formula is C34H24Br2N4S. The summed E-state index contributed by atoms with van der Waals surface area (Å²) in [5.41, 5.74) is 7.68. The first-order valence-corrected chi connectivity index (χ1v) is 13.4. The fourth-order valence-electron chi connectivity index (χ4n) is 4.32. The van der Waals surface area contributed by atoms with Gasteiger partial charge in [-0.3, -0.25) is 0 Å². The van der Waals surface area contributed by atoms with Crippen molar-refractivity contribution in [3.8, 4) is 23.7 Å². The topological polar surface area (TPSA) is 33.5 Å². The SMILES string of the molecule is C(#Cc1ccc(C#Cc2ccc[n+](Cc3ccccc3)c2)c2nsnc12)c1ccc[n+](Cc2ccccc2)c1.[Br-].[Br-]. The summed E-state index contributed by atoms with van der Waals surface area (Å²) in [7, 11) is 0. The summed E-state index contributed by atoms with van der Waals surface area (Å²) in [6, 6.07) is 32.9. The van der Waals surface area contributed by atoms with Gasteiger partial charge in [0.05, 0.1) is 34.0 Å². The van der Waals surface area contributed by atoms with Gasteiger partial charge in [-0.25, -0.2) is 0 Å². The summed E-state index contributed by atoms with van der Waals surface area (Å²) in [5.74, 6) is 13.2. The lowest BCUT2D eigenvalue weighted by molar-refractivity contribution is -0.688. The molecule has 0 N–H and O–H groups in total. The van der Waals surface area contributed by atoms with Crippen LogP contribution in [0.25, 0.3) is 11.0 Å². The van der Waals surface area contributed by atoms with E-state index in [1.807, 2.05) is 48.5 Å². The molecule has 0 spiro atoms. The maximum Gasteiger partial charge on any atom is 0.184 e. The van der Waals surface area contributed by atoms with Gasteiger partial charge in [0.1, 0.15) is 11.0 Å². The predicted octanol–water partition coefficient (Wildman–Crippen LogP) is -0.829. The first-order valence-electron chi connectivity index (χ1n) is 12.7. The number of nitrogens with zero attached hydrogens (tertiary/aromatic N) is 4. The van der Waals surface area contributed by atoms with E-state index in [9.17, 15) is 0 Å². The molecule has 0 aliphatic rings. The van der Waals surface area contributed by atoms with Gasteiger partial charge in [0.25, 0.3) is 0 Å². The van der Waals surface area contributed by atoms with Crippen LogP contribution < -0.4 is 43.1 Å². The maximum atomic E-state index is 4.53. The Morgan fingerprint density at radius 1 is 0.512 bits per heavy atom. The number of fused-ring (bicyclic) bond motifs is 1. The van der Waals surface area contributed by atoms with Crippen molar-refractivity contribution in [3.05, 3.63) is 155 Å². The summed E-state index contributed by atoms with van der Waals surface area (Å²) in [6.07, 6.45) is 8.26. The molecule has 6 rings (SSSR count). The highest BCUT2D eigenvalue weighted by atomic mass is 79.9. The second-order valence-electron chi connectivity index (χ2n) is 9.12. The molecule has 3 aromatic heterocycles. The van der Waals surface area contributed by atoms with Crippen LogP contribution in [0, 0.1) is 23.7 Å². The molecule has 0 radical (unpaired) electrons. The molecule has 3 aromatic carbocycles. The van der Waals surface area contributed by atoms with Crippen molar-refractivity contribution < 1.29 is 43.1 Å². The van der Waals surface area contributed by atoms with Crippen LogP contribution in [0.5, 0.6) is 0 Å². The third-order valence-electron chi connectivity index (χ3n) is 6.23. The van der Waals surface area contributed by atoms with Crippen LogP contribution in [0.2, 0.25) is 0 Å². The summed E-state index contributed by atoms with van der Waals surface area (Å²) in [5, 5.41) is 0. The molecule has 0 atom stereocenters. The normalized spacial score (nSPS) is 9.85. The lowest BCUT2D eigenvalue weighted by Crippen LogP contribution is -3.00. The molecule has 200 valence electrons. The fraction of sp³-hybridized carbons (Fsp3) is 0.0588. The minimum Gasteiger partial charge on any atom is -1.00 e. The predicted molar refractivity (Wildman–Crippen MR) is 154 cm³/mol. The van der Waals surface area contributed by atoms with Gasteiger partial charge in [-0.05, 0) is 24.3 Å². The maximum absolute atomic E-state index is 4.53. The summed E-state index contributed by atoms with van der Waals surface area (Å²) < 4.78 is 13.4. The Morgan fingerprint density at radius 2 is 0.951 bits per heavy atom. The van der Waals surface area contributed by atoms with Crippen molar-refractivity contribution in [1.29, 1.82) is 0 Å². The van der Waals surface area contributed by atoms with E-state index in [1.165, 1.54) is 22.9 Å². The van der Waals surface area contributed by atoms with E-state index in [0.717, 1.165) is 46.4 Å². The molecule has 0 bridgehead atoms. The molecule has 7 heteroatoms. The Balaban J connectivity index is 0.00000194. The minimum absolute atomic E-state index is 0. The van der Waals surface area contributed by atoms with Gasteiger partial charge in [0, 0.05) is 23.3 Å². The third kappa shape index (κ3) is 7.74. The Hall–Kier alpha value is -4.14. The zero-order valence-corrected chi connectivity index (χ0v) is 25.9. The lowest BCUT2D eigenvalue weighted by atomic mass is 10.1. The molecule has 6 aromatic rings. The Morgan fingerprint density at radius 3 is 1.39 bits per heavy atom. The Bertz CT molecular complexity index is 1750. The van der Waals surface area contributed by atoms with E-state index >= 15 is 0 Å². The average Bonchev–Trinajstić information content (AvgIpc) is 3.48. The number of benzene rings is 3. The summed E-state index contributed by atoms with van der Waals surface area (Å²) >= 11 is 1.19. The Kier molecular flexibility index (Phi) is 10.5. The van der Waals surface area contributed by atoms with E-state index in [1.54, 1.807) is 0 Å². The van der Waals surface area contributed by atoms with Crippen LogP contribution in [0.4, 0.5) is 0 Å². The van der Waals surface area contributed by atoms with Crippen molar-refractivity contribution in [1.82, 2.24) is 8.75 Å². The highest BCUT2D eigenvalue weighted by Crippen LogP contribution is 2.20. The smallest absolute Gasteiger partial charge is 0.184 e. The molecule has 4 nitrogen and oxygen atoms in total. The minimum atomic E-state index is 0. The zero-order valence-electron chi connectivity index (χ0n) is 21.9. The first kappa shape index (κ1) is 29.8. The van der Waals surface area contributed by atoms with Crippen LogP contribution >= 0.6 is 11.7 Å². The Labute approximate surface area is 265 Å². The number of hydrogen-bond donors (Lipinski definition) is 0. The molecule has 3 heterocycles. The quantitative estimate of drug-likeness (QED) is 0.180. The van der Waals surface area contributed by atoms with Crippen molar-refractivity contribution in [2.24, 2.45) is 0 Å². The van der Waals surface area contributed by atoms with Gasteiger partial charge in [0.2, 0.25) is 0 Å². The van der Waals surface area contributed by atoms with Crippen LogP contribution in [0.1, 0.15) is 33.4 Å². The van der Waals surface area contributed by atoms with E-state index in [4.69, 9.17) is 0 Å². The fourth-order valence-corrected chi connectivity index (χ4v) is 4.90. The lowest BCUT2D eigenvalue weighted by Gasteiger charge is -1.98. The van der Waals surface area contributed by atoms with Gasteiger partial charge in [0.15, 0.2) is 37.9 Å². The van der Waals surface area contributed by atoms with Crippen molar-refractivity contribution in [2.45, 2.75) is 13.1 Å². The monoisotopic (exact) mass is 678 g/mol. The third-order valence-corrected chi connectivity index (χ3v) is 6.76. The highest BCUT2D eigenvalue weighted by Gasteiger charge is 2.09. The number of hydrogen-bond acceptors (Lipinski definition) is 3. The molecular weight excluding hydrogens is 656 g/mol. The number of rotatable bonds is 4. The molecule has 41 heavy (non-hydrogen) atoms. The van der Waals surface area contributed by atoms with E-state index in [-0.39, 0.29) is 34.0 Å². The first-order chi connectivity index (χ1) is 19.3. The van der Waals surface area contributed by atoms with Crippen molar-refractivity contribution in [3.63, 3.8) is 0 Å². The molecule has 0 unspecified atom stereocenters. The number of pyridine rings is 2. The highest BCUT2D eigenvalue weighted by molar-refractivity contribution is 7.00. The van der Waals surface area contributed by atoms with Gasteiger partial charge in [-0.2, -0.15) is 17.9 Å². The number of halogens is 2. The zero-order chi connectivity index (χ0) is 26.3. The summed E-state index contributed by atoms with van der Waals surface area (Å²) in [4.78, 5) is 0. The second-order valence-corrected chi connectivity index (χ2v) is 9.65. The van der Waals surface area contributed by atoms with Crippen LogP contribution in [0.15, 0.2) is 122 Å². The van der Waals surface area contributed by atoms with Crippen molar-refractivity contribution >= 4 is 22.8 Å². The van der Waals surface area contributed by atoms with E-state index in [2.05, 4.69) is 115 Å². The van der Waals surface area contributed by atoms with E-state index < -0.39 is 0 Å². The van der Waals surface area contributed by atoms with E-state index in [0.29, 0.717) is 0 Å². The molecule has 0 aliphatic carbocycles. The second kappa shape index (κ2) is 14.5. The van der Waals surface area contributed by atoms with Crippen molar-refractivity contribution in [2.75, 3.05) is 0 Å². The van der Waals surface area contributed by atoms with Crippen LogP contribution in [-0.4, -0.2) is 8.75 Å². The van der Waals surface area contributed by atoms with Gasteiger partial charge >= 0.3 is 0 Å². The van der Waals surface area contributed by atoms with Gasteiger partial charge in [-0.1, -0.05) is 84.3 Å². The largest absolute Gasteiger partial charge is 1.00 e. The van der Waals surface area contributed by atoms with Gasteiger partial charge < -0.3 is 34.0 Å². The van der Waals surface area contributed by atoms with Crippen LogP contribution in [-0.2, 0) is 13.1 Å². The molecule has 0 saturated heterocycles. The van der Waals surface area contributed by atoms with Crippen LogP contribution in [0.3, 0.4) is 0 Å². The molecule has 0 aliphatic heterocycles. The van der Waals surface area contributed by atoms with Gasteiger partial charge in [-0.15, -0.1) is 0 Å². The molecule has 0 saturated carbocycles. The molecule has 0 amide bonds. The summed E-state index contributed by atoms with van der Waals surface area (Å²) in [6.45, 7) is 1.61. The molecule has 0 fully saturated rings.